The van der Waals surface area contributed by atoms with Crippen LogP contribution in [0.1, 0.15) is 28.2 Å². The Labute approximate surface area is 180 Å². The Kier molecular flexibility index (Phi) is 4.95. The topological polar surface area (TPSA) is 79.7 Å². The number of fused-ring (bicyclic) bond motifs is 1. The third-order valence-electron chi connectivity index (χ3n) is 5.89. The number of hydrogen-bond acceptors (Lipinski definition) is 5. The van der Waals surface area contributed by atoms with Crippen LogP contribution < -0.4 is 5.56 Å². The first-order chi connectivity index (χ1) is 15.1. The summed E-state index contributed by atoms with van der Waals surface area (Å²) in [4.78, 5) is 31.2. The van der Waals surface area contributed by atoms with Crippen molar-refractivity contribution in [3.05, 3.63) is 93.6 Å². The van der Waals surface area contributed by atoms with E-state index in [1.165, 1.54) is 17.0 Å². The molecule has 0 fully saturated rings. The summed E-state index contributed by atoms with van der Waals surface area (Å²) >= 11 is 0. The number of nitrogens with one attached hydrogen (secondary N) is 1. The average molecular weight is 412 g/mol. The van der Waals surface area contributed by atoms with E-state index in [0.717, 1.165) is 30.0 Å². The van der Waals surface area contributed by atoms with Crippen LogP contribution in [0.5, 0.6) is 0 Å². The SMILES string of the molecule is Cc1cc(CN2CCc3c(nc(-c4ccccn4)[nH]c3=O)C2)c(C)n1-c1cccnc1. The average Bonchev–Trinajstić information content (AvgIpc) is 3.07. The molecule has 7 nitrogen and oxygen atoms in total. The molecular formula is C24H24N6O. The Morgan fingerprint density at radius 1 is 1.13 bits per heavy atom. The number of aromatic nitrogens is 5. The fourth-order valence-corrected chi connectivity index (χ4v) is 4.37. The maximum absolute atomic E-state index is 12.6. The molecule has 0 aliphatic carbocycles. The molecule has 5 rings (SSSR count). The van der Waals surface area contributed by atoms with Gasteiger partial charge in [-0.2, -0.15) is 0 Å². The van der Waals surface area contributed by atoms with Crippen LogP contribution >= 0.6 is 0 Å². The van der Waals surface area contributed by atoms with Gasteiger partial charge < -0.3 is 9.55 Å². The largest absolute Gasteiger partial charge is 0.317 e. The molecule has 0 saturated carbocycles. The summed E-state index contributed by atoms with van der Waals surface area (Å²) in [6.45, 7) is 6.56. The highest BCUT2D eigenvalue weighted by molar-refractivity contribution is 5.49. The molecule has 0 spiro atoms. The molecule has 4 aromatic heterocycles. The number of pyridine rings is 2. The van der Waals surface area contributed by atoms with Crippen molar-refractivity contribution in [1.29, 1.82) is 0 Å². The number of aryl methyl sites for hydroxylation is 1. The van der Waals surface area contributed by atoms with Gasteiger partial charge in [-0.25, -0.2) is 4.98 Å². The minimum absolute atomic E-state index is 0.0555. The summed E-state index contributed by atoms with van der Waals surface area (Å²) in [6.07, 6.45) is 6.08. The summed E-state index contributed by atoms with van der Waals surface area (Å²) in [5, 5.41) is 0. The highest BCUT2D eigenvalue weighted by Gasteiger charge is 2.23. The molecule has 0 radical (unpaired) electrons. The predicted octanol–water partition coefficient (Wildman–Crippen LogP) is 3.19. The fourth-order valence-electron chi connectivity index (χ4n) is 4.37. The Morgan fingerprint density at radius 2 is 2.03 bits per heavy atom. The molecule has 5 heterocycles. The van der Waals surface area contributed by atoms with Crippen LogP contribution in [0.3, 0.4) is 0 Å². The van der Waals surface area contributed by atoms with Gasteiger partial charge >= 0.3 is 0 Å². The highest BCUT2D eigenvalue weighted by Crippen LogP contribution is 2.24. The van der Waals surface area contributed by atoms with E-state index < -0.39 is 0 Å². The summed E-state index contributed by atoms with van der Waals surface area (Å²) in [6, 6.07) is 11.9. The van der Waals surface area contributed by atoms with Gasteiger partial charge in [-0.1, -0.05) is 6.07 Å². The minimum atomic E-state index is -0.0555. The molecule has 0 unspecified atom stereocenters. The zero-order valence-electron chi connectivity index (χ0n) is 17.7. The molecule has 1 aliphatic rings. The smallest absolute Gasteiger partial charge is 0.254 e. The van der Waals surface area contributed by atoms with Crippen molar-refractivity contribution < 1.29 is 0 Å². The molecule has 31 heavy (non-hydrogen) atoms. The van der Waals surface area contributed by atoms with E-state index in [0.29, 0.717) is 24.5 Å². The van der Waals surface area contributed by atoms with Crippen molar-refractivity contribution in [1.82, 2.24) is 29.4 Å². The second-order valence-corrected chi connectivity index (χ2v) is 7.96. The van der Waals surface area contributed by atoms with Crippen molar-refractivity contribution in [2.45, 2.75) is 33.4 Å². The van der Waals surface area contributed by atoms with Crippen molar-refractivity contribution in [3.63, 3.8) is 0 Å². The summed E-state index contributed by atoms with van der Waals surface area (Å²) in [7, 11) is 0. The third-order valence-corrected chi connectivity index (χ3v) is 5.89. The second kappa shape index (κ2) is 7.92. The van der Waals surface area contributed by atoms with E-state index in [9.17, 15) is 4.79 Å². The maximum Gasteiger partial charge on any atom is 0.254 e. The van der Waals surface area contributed by atoms with Crippen molar-refractivity contribution in [3.8, 4) is 17.2 Å². The van der Waals surface area contributed by atoms with Gasteiger partial charge in [0.25, 0.3) is 5.56 Å². The first kappa shape index (κ1) is 19.4. The molecule has 7 heteroatoms. The van der Waals surface area contributed by atoms with Crippen LogP contribution in [0.25, 0.3) is 17.2 Å². The third kappa shape index (κ3) is 3.68. The van der Waals surface area contributed by atoms with Gasteiger partial charge in [0.2, 0.25) is 0 Å². The van der Waals surface area contributed by atoms with Gasteiger partial charge in [0.05, 0.1) is 17.6 Å². The zero-order valence-corrected chi connectivity index (χ0v) is 17.7. The molecule has 0 bridgehead atoms. The van der Waals surface area contributed by atoms with E-state index in [2.05, 4.69) is 50.4 Å². The van der Waals surface area contributed by atoms with Gasteiger partial charge in [0.15, 0.2) is 5.82 Å². The Bertz CT molecular complexity index is 1280. The van der Waals surface area contributed by atoms with E-state index in [4.69, 9.17) is 4.98 Å². The summed E-state index contributed by atoms with van der Waals surface area (Å²) in [5.41, 5.74) is 7.00. The molecule has 1 N–H and O–H groups in total. The van der Waals surface area contributed by atoms with Gasteiger partial charge in [-0.3, -0.25) is 19.7 Å². The van der Waals surface area contributed by atoms with E-state index in [1.54, 1.807) is 12.4 Å². The predicted molar refractivity (Wildman–Crippen MR) is 119 cm³/mol. The Hall–Kier alpha value is -3.58. The van der Waals surface area contributed by atoms with Gasteiger partial charge in [0, 0.05) is 49.0 Å². The van der Waals surface area contributed by atoms with Crippen LogP contribution in [-0.4, -0.2) is 35.9 Å². The molecule has 156 valence electrons. The van der Waals surface area contributed by atoms with E-state index >= 15 is 0 Å². The number of nitrogens with zero attached hydrogens (tertiary/aromatic N) is 5. The number of rotatable bonds is 4. The van der Waals surface area contributed by atoms with Gasteiger partial charge in [0.1, 0.15) is 5.69 Å². The first-order valence-electron chi connectivity index (χ1n) is 10.4. The summed E-state index contributed by atoms with van der Waals surface area (Å²) in [5.74, 6) is 0.529. The molecule has 0 saturated heterocycles. The maximum atomic E-state index is 12.6. The number of H-pyrrole nitrogens is 1. The molecule has 0 atom stereocenters. The second-order valence-electron chi connectivity index (χ2n) is 7.96. The van der Waals surface area contributed by atoms with Crippen molar-refractivity contribution >= 4 is 0 Å². The lowest BCUT2D eigenvalue weighted by Gasteiger charge is -2.27. The highest BCUT2D eigenvalue weighted by atomic mass is 16.1. The molecule has 4 aromatic rings. The van der Waals surface area contributed by atoms with Crippen LogP contribution in [0.4, 0.5) is 0 Å². The zero-order chi connectivity index (χ0) is 21.4. The Morgan fingerprint density at radius 3 is 2.81 bits per heavy atom. The van der Waals surface area contributed by atoms with Gasteiger partial charge in [-0.05, 0) is 56.2 Å². The first-order valence-corrected chi connectivity index (χ1v) is 10.4. The monoisotopic (exact) mass is 412 g/mol. The van der Waals surface area contributed by atoms with E-state index in [1.807, 2.05) is 30.5 Å². The van der Waals surface area contributed by atoms with Crippen LogP contribution in [0.15, 0.2) is 59.8 Å². The van der Waals surface area contributed by atoms with Crippen molar-refractivity contribution in [2.24, 2.45) is 0 Å². The van der Waals surface area contributed by atoms with Crippen LogP contribution in [0.2, 0.25) is 0 Å². The molecular weight excluding hydrogens is 388 g/mol. The Balaban J connectivity index is 1.42. The molecule has 1 aliphatic heterocycles. The lowest BCUT2D eigenvalue weighted by Crippen LogP contribution is -2.35. The fraction of sp³-hybridized carbons (Fsp3) is 0.250. The van der Waals surface area contributed by atoms with Gasteiger partial charge in [-0.15, -0.1) is 0 Å². The number of hydrogen-bond donors (Lipinski definition) is 1. The standard InChI is InChI=1S/C24H24N6O/c1-16-12-18(17(2)30(16)19-6-5-9-25-13-19)14-29-11-8-20-22(15-29)27-23(28-24(20)31)21-7-3-4-10-26-21/h3-7,9-10,12-13H,8,11,14-15H2,1-2H3,(H,27,28,31). The van der Waals surface area contributed by atoms with E-state index in [-0.39, 0.29) is 5.56 Å². The summed E-state index contributed by atoms with van der Waals surface area (Å²) < 4.78 is 2.24. The lowest BCUT2D eigenvalue weighted by molar-refractivity contribution is 0.240. The van der Waals surface area contributed by atoms with Crippen LogP contribution in [0, 0.1) is 13.8 Å². The van der Waals surface area contributed by atoms with Crippen molar-refractivity contribution in [2.75, 3.05) is 6.54 Å². The molecule has 0 aromatic carbocycles. The lowest BCUT2D eigenvalue weighted by atomic mass is 10.1. The normalized spacial score (nSPS) is 13.9. The minimum Gasteiger partial charge on any atom is -0.317 e. The molecule has 0 amide bonds. The number of aromatic amines is 1. The quantitative estimate of drug-likeness (QED) is 0.557. The van der Waals surface area contributed by atoms with Crippen LogP contribution in [-0.2, 0) is 19.5 Å².